The number of aliphatic carboxylic acids is 1. The fraction of sp³-hybridized carbons (Fsp3) is 0.444. The molecule has 1 heterocycles. The van der Waals surface area contributed by atoms with Crippen LogP contribution in [0.15, 0.2) is 10.5 Å². The second kappa shape index (κ2) is 5.30. The van der Waals surface area contributed by atoms with Gasteiger partial charge < -0.3 is 5.11 Å². The van der Waals surface area contributed by atoms with Gasteiger partial charge in [0.1, 0.15) is 10.4 Å². The van der Waals surface area contributed by atoms with Gasteiger partial charge in [-0.15, -0.1) is 11.3 Å². The summed E-state index contributed by atoms with van der Waals surface area (Å²) in [7, 11) is 0. The van der Waals surface area contributed by atoms with Crippen molar-refractivity contribution in [2.24, 2.45) is 0 Å². The zero-order chi connectivity index (χ0) is 11.6. The number of thiophene rings is 1. The van der Waals surface area contributed by atoms with Crippen molar-refractivity contribution in [1.29, 1.82) is 0 Å². The van der Waals surface area contributed by atoms with Crippen LogP contribution >= 0.6 is 38.9 Å². The minimum absolute atomic E-state index is 0.103. The van der Waals surface area contributed by atoms with E-state index >= 15 is 0 Å². The summed E-state index contributed by atoms with van der Waals surface area (Å²) in [6.45, 7) is 3.81. The van der Waals surface area contributed by atoms with E-state index in [0.717, 1.165) is 4.47 Å². The topological polar surface area (TPSA) is 49.3 Å². The lowest BCUT2D eigenvalue weighted by atomic mass is 10.2. The first-order valence-corrected chi connectivity index (χ1v) is 6.34. The van der Waals surface area contributed by atoms with E-state index in [1.54, 1.807) is 6.07 Å². The van der Waals surface area contributed by atoms with Crippen molar-refractivity contribution in [3.63, 3.8) is 0 Å². The van der Waals surface area contributed by atoms with Crippen LogP contribution in [0.1, 0.15) is 24.8 Å². The minimum Gasteiger partial charge on any atom is -0.480 e. The van der Waals surface area contributed by atoms with Gasteiger partial charge in [0.2, 0.25) is 0 Å². The van der Waals surface area contributed by atoms with Gasteiger partial charge in [-0.25, -0.2) is 0 Å². The molecule has 0 spiro atoms. The smallest absolute Gasteiger partial charge is 0.326 e. The molecule has 0 saturated carbocycles. The molecule has 0 aliphatic heterocycles. The number of carboxylic acids is 1. The van der Waals surface area contributed by atoms with Gasteiger partial charge in [0, 0.05) is 15.4 Å². The highest BCUT2D eigenvalue weighted by Gasteiger charge is 2.23. The quantitative estimate of drug-likeness (QED) is 0.897. The van der Waals surface area contributed by atoms with Crippen molar-refractivity contribution in [2.45, 2.75) is 25.9 Å². The predicted molar refractivity (Wildman–Crippen MR) is 65.7 cm³/mol. The first-order chi connectivity index (χ1) is 6.91. The summed E-state index contributed by atoms with van der Waals surface area (Å²) in [5.41, 5.74) is 0. The van der Waals surface area contributed by atoms with Gasteiger partial charge in [-0.05, 0) is 35.8 Å². The third kappa shape index (κ3) is 3.45. The van der Waals surface area contributed by atoms with E-state index in [1.165, 1.54) is 11.3 Å². The molecule has 0 aromatic carbocycles. The molecule has 84 valence electrons. The summed E-state index contributed by atoms with van der Waals surface area (Å²) >= 11 is 10.4. The lowest BCUT2D eigenvalue weighted by molar-refractivity contribution is -0.139. The highest BCUT2D eigenvalue weighted by Crippen LogP contribution is 2.35. The Hall–Kier alpha value is -0.100. The second-order valence-corrected chi connectivity index (χ2v) is 5.90. The second-order valence-electron chi connectivity index (χ2n) is 3.36. The van der Waals surface area contributed by atoms with Crippen molar-refractivity contribution >= 4 is 44.8 Å². The van der Waals surface area contributed by atoms with Crippen molar-refractivity contribution < 1.29 is 9.90 Å². The summed E-state index contributed by atoms with van der Waals surface area (Å²) in [6, 6.07) is 1.14. The van der Waals surface area contributed by atoms with Crippen molar-refractivity contribution in [1.82, 2.24) is 5.32 Å². The molecular weight excluding hydrogens is 302 g/mol. The maximum Gasteiger partial charge on any atom is 0.326 e. The van der Waals surface area contributed by atoms with Crippen molar-refractivity contribution in [2.75, 3.05) is 0 Å². The van der Waals surface area contributed by atoms with E-state index in [0.29, 0.717) is 9.21 Å². The number of nitrogens with one attached hydrogen (secondary N) is 1. The van der Waals surface area contributed by atoms with Gasteiger partial charge in [-0.3, -0.25) is 10.1 Å². The maximum atomic E-state index is 11.0. The SMILES string of the molecule is CC(C)NC(C(=O)O)c1cc(Br)c(Cl)s1. The van der Waals surface area contributed by atoms with Crippen LogP contribution in [0.5, 0.6) is 0 Å². The lowest BCUT2D eigenvalue weighted by Crippen LogP contribution is -2.32. The van der Waals surface area contributed by atoms with Gasteiger partial charge in [-0.1, -0.05) is 11.6 Å². The molecule has 0 saturated heterocycles. The Morgan fingerprint density at radius 2 is 2.27 bits per heavy atom. The van der Waals surface area contributed by atoms with Crippen LogP contribution in [0.4, 0.5) is 0 Å². The summed E-state index contributed by atoms with van der Waals surface area (Å²) in [5.74, 6) is -0.894. The normalized spacial score (nSPS) is 13.1. The van der Waals surface area contributed by atoms with Crippen molar-refractivity contribution in [3.05, 3.63) is 19.8 Å². The molecule has 1 aromatic rings. The molecule has 1 unspecified atom stereocenters. The maximum absolute atomic E-state index is 11.0. The monoisotopic (exact) mass is 311 g/mol. The standard InChI is InChI=1S/C9H11BrClNO2S/c1-4(2)12-7(9(13)14)6-3-5(10)8(11)15-6/h3-4,7,12H,1-2H3,(H,13,14). The van der Waals surface area contributed by atoms with Crippen LogP contribution in [-0.4, -0.2) is 17.1 Å². The number of hydrogen-bond donors (Lipinski definition) is 2. The van der Waals surface area contributed by atoms with E-state index in [-0.39, 0.29) is 6.04 Å². The van der Waals surface area contributed by atoms with Gasteiger partial charge in [0.05, 0.1) is 0 Å². The predicted octanol–water partition coefficient (Wildman–Crippen LogP) is 3.29. The summed E-state index contributed by atoms with van der Waals surface area (Å²) in [5, 5.41) is 12.0. The van der Waals surface area contributed by atoms with Gasteiger partial charge in [0.15, 0.2) is 0 Å². The fourth-order valence-corrected chi connectivity index (χ4v) is 2.90. The van der Waals surface area contributed by atoms with Gasteiger partial charge in [-0.2, -0.15) is 0 Å². The van der Waals surface area contributed by atoms with Crippen molar-refractivity contribution in [3.8, 4) is 0 Å². The summed E-state index contributed by atoms with van der Waals surface area (Å²) in [6.07, 6.45) is 0. The zero-order valence-electron chi connectivity index (χ0n) is 8.25. The molecule has 0 fully saturated rings. The van der Waals surface area contributed by atoms with E-state index in [9.17, 15) is 4.79 Å². The van der Waals surface area contributed by atoms with E-state index in [1.807, 2.05) is 13.8 Å². The Morgan fingerprint density at radius 1 is 1.67 bits per heavy atom. The zero-order valence-corrected chi connectivity index (χ0v) is 11.4. The summed E-state index contributed by atoms with van der Waals surface area (Å²) in [4.78, 5) is 11.7. The van der Waals surface area contributed by atoms with E-state index in [4.69, 9.17) is 16.7 Å². The number of hydrogen-bond acceptors (Lipinski definition) is 3. The third-order valence-electron chi connectivity index (χ3n) is 1.70. The Kier molecular flexibility index (Phi) is 4.58. The fourth-order valence-electron chi connectivity index (χ4n) is 1.11. The summed E-state index contributed by atoms with van der Waals surface area (Å²) < 4.78 is 1.31. The average molecular weight is 313 g/mol. The van der Waals surface area contributed by atoms with Crippen LogP contribution < -0.4 is 5.32 Å². The molecule has 0 aliphatic carbocycles. The van der Waals surface area contributed by atoms with Gasteiger partial charge >= 0.3 is 5.97 Å². The molecule has 0 bridgehead atoms. The highest BCUT2D eigenvalue weighted by molar-refractivity contribution is 9.10. The minimum atomic E-state index is -0.894. The molecule has 0 aliphatic rings. The largest absolute Gasteiger partial charge is 0.480 e. The molecule has 3 nitrogen and oxygen atoms in total. The van der Waals surface area contributed by atoms with Crippen LogP contribution in [0, 0.1) is 0 Å². The molecule has 1 aromatic heterocycles. The molecule has 15 heavy (non-hydrogen) atoms. The molecule has 0 radical (unpaired) electrons. The number of halogens is 2. The molecule has 0 amide bonds. The van der Waals surface area contributed by atoms with Gasteiger partial charge in [0.25, 0.3) is 0 Å². The lowest BCUT2D eigenvalue weighted by Gasteiger charge is -2.15. The number of rotatable bonds is 4. The van der Waals surface area contributed by atoms with Crippen LogP contribution in [-0.2, 0) is 4.79 Å². The third-order valence-corrected chi connectivity index (χ3v) is 4.24. The molecule has 1 rings (SSSR count). The molecule has 2 N–H and O–H groups in total. The van der Waals surface area contributed by atoms with E-state index < -0.39 is 12.0 Å². The average Bonchev–Trinajstić information content (AvgIpc) is 2.42. The Balaban J connectivity index is 2.94. The first-order valence-electron chi connectivity index (χ1n) is 4.35. The Labute approximate surface area is 106 Å². The van der Waals surface area contributed by atoms with E-state index in [2.05, 4.69) is 21.2 Å². The number of carbonyl (C=O) groups is 1. The molecule has 6 heteroatoms. The molecule has 1 atom stereocenters. The number of carboxylic acid groups (broad SMARTS) is 1. The van der Waals surface area contributed by atoms with Crippen LogP contribution in [0.25, 0.3) is 0 Å². The Morgan fingerprint density at radius 3 is 2.60 bits per heavy atom. The highest BCUT2D eigenvalue weighted by atomic mass is 79.9. The molecular formula is C9H11BrClNO2S. The first kappa shape index (κ1) is 13.0. The Bertz CT molecular complexity index is 347. The van der Waals surface area contributed by atoms with Crippen LogP contribution in [0.3, 0.4) is 0 Å². The van der Waals surface area contributed by atoms with Crippen LogP contribution in [0.2, 0.25) is 4.34 Å².